The first-order valence-corrected chi connectivity index (χ1v) is 6.61. The highest BCUT2D eigenvalue weighted by atomic mass is 16.5. The van der Waals surface area contributed by atoms with Crippen LogP contribution in [0.15, 0.2) is 29.1 Å². The van der Waals surface area contributed by atoms with Crippen LogP contribution in [0.25, 0.3) is 11.3 Å². The number of methoxy groups -OCH3 is 2. The van der Waals surface area contributed by atoms with Crippen molar-refractivity contribution in [3.63, 3.8) is 0 Å². The molecule has 3 rings (SSSR count). The van der Waals surface area contributed by atoms with Crippen molar-refractivity contribution < 1.29 is 9.47 Å². The molecule has 0 saturated carbocycles. The summed E-state index contributed by atoms with van der Waals surface area (Å²) in [5.41, 5.74) is 4.23. The topological polar surface area (TPSA) is 40.5 Å². The van der Waals surface area contributed by atoms with Crippen molar-refractivity contribution in [1.29, 1.82) is 0 Å². The Morgan fingerprint density at radius 1 is 1.05 bits per heavy atom. The van der Waals surface area contributed by atoms with Crippen LogP contribution in [-0.4, -0.2) is 18.8 Å². The zero-order valence-corrected chi connectivity index (χ0v) is 11.9. The van der Waals surface area contributed by atoms with E-state index in [-0.39, 0.29) is 5.43 Å². The van der Waals surface area contributed by atoms with Crippen molar-refractivity contribution in [2.24, 2.45) is 0 Å². The van der Waals surface area contributed by atoms with Gasteiger partial charge in [0.25, 0.3) is 0 Å². The smallest absolute Gasteiger partial charge is 0.182 e. The number of aromatic nitrogens is 1. The predicted octanol–water partition coefficient (Wildman–Crippen LogP) is 2.40. The molecule has 1 aliphatic rings. The zero-order valence-electron chi connectivity index (χ0n) is 11.9. The van der Waals surface area contributed by atoms with Crippen molar-refractivity contribution in [1.82, 2.24) is 4.57 Å². The molecule has 0 aliphatic carbocycles. The lowest BCUT2D eigenvalue weighted by molar-refractivity contribution is 0.354. The highest BCUT2D eigenvalue weighted by Gasteiger charge is 2.20. The molecule has 0 saturated heterocycles. The van der Waals surface area contributed by atoms with E-state index in [1.165, 1.54) is 5.56 Å². The summed E-state index contributed by atoms with van der Waals surface area (Å²) in [4.78, 5) is 11.8. The Hall–Kier alpha value is -2.23. The summed E-state index contributed by atoms with van der Waals surface area (Å²) in [5, 5.41) is 0. The van der Waals surface area contributed by atoms with Crippen LogP contribution in [0.3, 0.4) is 0 Å². The van der Waals surface area contributed by atoms with Crippen LogP contribution in [0.5, 0.6) is 11.5 Å². The van der Waals surface area contributed by atoms with E-state index in [1.807, 2.05) is 19.1 Å². The van der Waals surface area contributed by atoms with Gasteiger partial charge >= 0.3 is 0 Å². The third kappa shape index (κ3) is 1.88. The summed E-state index contributed by atoms with van der Waals surface area (Å²) in [6.45, 7) is 2.85. The second-order valence-electron chi connectivity index (χ2n) is 4.98. The quantitative estimate of drug-likeness (QED) is 0.842. The van der Waals surface area contributed by atoms with Gasteiger partial charge in [-0.05, 0) is 31.0 Å². The van der Waals surface area contributed by atoms with Gasteiger partial charge in [-0.3, -0.25) is 4.79 Å². The minimum absolute atomic E-state index is 0.0383. The highest BCUT2D eigenvalue weighted by molar-refractivity contribution is 5.70. The monoisotopic (exact) mass is 271 g/mol. The number of benzene rings is 1. The lowest BCUT2D eigenvalue weighted by Crippen LogP contribution is -2.18. The van der Waals surface area contributed by atoms with Crippen LogP contribution in [0.4, 0.5) is 0 Å². The Balaban J connectivity index is 2.28. The van der Waals surface area contributed by atoms with Crippen LogP contribution in [0, 0.1) is 6.92 Å². The maximum atomic E-state index is 11.8. The molecule has 0 amide bonds. The normalized spacial score (nSPS) is 12.6. The number of nitrogens with zero attached hydrogens (tertiary/aromatic N) is 1. The number of aryl methyl sites for hydroxylation is 2. The predicted molar refractivity (Wildman–Crippen MR) is 77.7 cm³/mol. The molecule has 0 fully saturated rings. The fourth-order valence-corrected chi connectivity index (χ4v) is 2.85. The Morgan fingerprint density at radius 2 is 1.75 bits per heavy atom. The largest absolute Gasteiger partial charge is 0.493 e. The molecule has 4 heteroatoms. The minimum atomic E-state index is 0.0383. The van der Waals surface area contributed by atoms with Crippen LogP contribution in [-0.2, 0) is 13.0 Å². The Labute approximate surface area is 117 Å². The molecule has 2 aromatic rings. The molecule has 1 aromatic carbocycles. The Morgan fingerprint density at radius 3 is 2.45 bits per heavy atom. The van der Waals surface area contributed by atoms with E-state index in [9.17, 15) is 4.79 Å². The molecule has 4 nitrogen and oxygen atoms in total. The van der Waals surface area contributed by atoms with Crippen molar-refractivity contribution in [3.8, 4) is 22.8 Å². The Bertz CT molecular complexity index is 731. The van der Waals surface area contributed by atoms with Crippen LogP contribution in [0.1, 0.15) is 11.3 Å². The number of fused-ring (bicyclic) bond motifs is 3. The van der Waals surface area contributed by atoms with Gasteiger partial charge < -0.3 is 14.0 Å². The van der Waals surface area contributed by atoms with Gasteiger partial charge in [0.1, 0.15) is 0 Å². The third-order valence-corrected chi connectivity index (χ3v) is 3.84. The standard InChI is InChI=1S/C16H17NO3/c1-10-6-12(18)8-14-13-9-16(20-3)15(19-2)7-11(13)4-5-17(10)14/h6-9H,4-5H2,1-3H3. The molecule has 2 heterocycles. The number of hydrogen-bond donors (Lipinski definition) is 0. The van der Waals surface area contributed by atoms with Gasteiger partial charge in [0.2, 0.25) is 0 Å². The average Bonchev–Trinajstić information content (AvgIpc) is 2.45. The van der Waals surface area contributed by atoms with Gasteiger partial charge in [-0.15, -0.1) is 0 Å². The van der Waals surface area contributed by atoms with Crippen LogP contribution >= 0.6 is 0 Å². The second-order valence-corrected chi connectivity index (χ2v) is 4.98. The molecule has 1 aromatic heterocycles. The van der Waals surface area contributed by atoms with E-state index in [0.29, 0.717) is 5.75 Å². The van der Waals surface area contributed by atoms with Crippen molar-refractivity contribution >= 4 is 0 Å². The number of pyridine rings is 1. The molecule has 0 bridgehead atoms. The number of hydrogen-bond acceptors (Lipinski definition) is 3. The maximum absolute atomic E-state index is 11.8. The van der Waals surface area contributed by atoms with Crippen molar-refractivity contribution in [2.45, 2.75) is 19.9 Å². The summed E-state index contributed by atoms with van der Waals surface area (Å²) in [7, 11) is 3.26. The van der Waals surface area contributed by atoms with Crippen molar-refractivity contribution in [3.05, 3.63) is 45.7 Å². The van der Waals surface area contributed by atoms with Gasteiger partial charge in [-0.25, -0.2) is 0 Å². The second kappa shape index (κ2) is 4.71. The number of ether oxygens (including phenoxy) is 2. The van der Waals surface area contributed by atoms with Gasteiger partial charge in [0, 0.05) is 29.9 Å². The van der Waals surface area contributed by atoms with E-state index in [1.54, 1.807) is 26.4 Å². The fourth-order valence-electron chi connectivity index (χ4n) is 2.85. The summed E-state index contributed by atoms with van der Waals surface area (Å²) in [6.07, 6.45) is 0.923. The van der Waals surface area contributed by atoms with E-state index < -0.39 is 0 Å². The Kier molecular flexibility index (Phi) is 3.01. The lowest BCUT2D eigenvalue weighted by Gasteiger charge is -2.25. The van der Waals surface area contributed by atoms with Crippen LogP contribution in [0.2, 0.25) is 0 Å². The molecule has 0 radical (unpaired) electrons. The first kappa shape index (κ1) is 12.8. The van der Waals surface area contributed by atoms with Gasteiger partial charge in [-0.2, -0.15) is 0 Å². The zero-order chi connectivity index (χ0) is 14.3. The summed E-state index contributed by atoms with van der Waals surface area (Å²) < 4.78 is 12.9. The highest BCUT2D eigenvalue weighted by Crippen LogP contribution is 2.38. The van der Waals surface area contributed by atoms with E-state index >= 15 is 0 Å². The summed E-state index contributed by atoms with van der Waals surface area (Å²) >= 11 is 0. The summed E-state index contributed by atoms with van der Waals surface area (Å²) in [5.74, 6) is 1.42. The molecule has 0 N–H and O–H groups in total. The van der Waals surface area contributed by atoms with E-state index in [2.05, 4.69) is 4.57 Å². The SMILES string of the molecule is COc1cc2c(cc1OC)-c1cc(=O)cc(C)n1CC2. The summed E-state index contributed by atoms with van der Waals surface area (Å²) in [6, 6.07) is 7.33. The number of rotatable bonds is 2. The minimum Gasteiger partial charge on any atom is -0.493 e. The molecule has 104 valence electrons. The molecule has 20 heavy (non-hydrogen) atoms. The first-order valence-electron chi connectivity index (χ1n) is 6.61. The molecular formula is C16H17NO3. The fraction of sp³-hybridized carbons (Fsp3) is 0.312. The molecule has 0 atom stereocenters. The molecule has 0 unspecified atom stereocenters. The van der Waals surface area contributed by atoms with Gasteiger partial charge in [-0.1, -0.05) is 0 Å². The average molecular weight is 271 g/mol. The van der Waals surface area contributed by atoms with Gasteiger partial charge in [0.15, 0.2) is 16.9 Å². The lowest BCUT2D eigenvalue weighted by atomic mass is 9.96. The van der Waals surface area contributed by atoms with Crippen molar-refractivity contribution in [2.75, 3.05) is 14.2 Å². The maximum Gasteiger partial charge on any atom is 0.182 e. The van der Waals surface area contributed by atoms with E-state index in [0.717, 1.165) is 35.7 Å². The molecule has 1 aliphatic heterocycles. The third-order valence-electron chi connectivity index (χ3n) is 3.84. The van der Waals surface area contributed by atoms with E-state index in [4.69, 9.17) is 9.47 Å². The van der Waals surface area contributed by atoms with Gasteiger partial charge in [0.05, 0.1) is 19.9 Å². The molecule has 0 spiro atoms. The first-order chi connectivity index (χ1) is 9.63. The van der Waals surface area contributed by atoms with Crippen LogP contribution < -0.4 is 14.9 Å². The molecular weight excluding hydrogens is 254 g/mol.